The van der Waals surface area contributed by atoms with Gasteiger partial charge in [-0.3, -0.25) is 10.1 Å². The van der Waals surface area contributed by atoms with Crippen molar-refractivity contribution in [2.24, 2.45) is 0 Å². The second-order valence-electron chi connectivity index (χ2n) is 8.46. The molecule has 3 aromatic carbocycles. The number of hydrogen-bond acceptors (Lipinski definition) is 3. The topological polar surface area (TPSA) is 41.6 Å². The van der Waals surface area contributed by atoms with E-state index in [2.05, 4.69) is 53.8 Å². The van der Waals surface area contributed by atoms with Crippen LogP contribution in [-0.2, 0) is 21.7 Å². The smallest absolute Gasteiger partial charge is 0.236 e. The molecule has 2 heterocycles. The van der Waals surface area contributed by atoms with E-state index in [4.69, 9.17) is 4.74 Å². The maximum atomic E-state index is 13.0. The largest absolute Gasteiger partial charge is 0.365 e. The Morgan fingerprint density at radius 2 is 1.45 bits per heavy atom. The molecule has 1 N–H and O–H groups in total. The number of piperidine rings is 1. The number of hydrogen-bond donors (Lipinski definition) is 1. The van der Waals surface area contributed by atoms with Gasteiger partial charge in [0.05, 0.1) is 24.8 Å². The van der Waals surface area contributed by atoms with E-state index in [0.717, 1.165) is 37.1 Å². The predicted molar refractivity (Wildman–Crippen MR) is 121 cm³/mol. The molecule has 0 bridgehead atoms. The van der Waals surface area contributed by atoms with Crippen LogP contribution < -0.4 is 5.32 Å². The zero-order valence-electron chi connectivity index (χ0n) is 17.7. The van der Waals surface area contributed by atoms with Crippen molar-refractivity contribution in [3.8, 4) is 0 Å². The standard InChI is InChI=1S/C27H28N2O2/c30-25(19-28-26(21-9-3-1-4-10-21)22-11-5-2-6-12-22)29-17-15-27(16-18-29)24-14-8-7-13-23(24)20-31-27/h1-14,26,28H,15-20H2. The number of likely N-dealkylation sites (tertiary alicyclic amines) is 1. The molecule has 4 heteroatoms. The molecular formula is C27H28N2O2. The van der Waals surface area contributed by atoms with Crippen LogP contribution in [0.15, 0.2) is 84.9 Å². The average molecular weight is 413 g/mol. The Bertz CT molecular complexity index is 988. The summed E-state index contributed by atoms with van der Waals surface area (Å²) in [6.07, 6.45) is 1.72. The predicted octanol–water partition coefficient (Wildman–Crippen LogP) is 4.41. The normalized spacial score (nSPS) is 17.1. The Balaban J connectivity index is 1.24. The van der Waals surface area contributed by atoms with Crippen LogP contribution in [0.1, 0.15) is 41.1 Å². The van der Waals surface area contributed by atoms with E-state index in [1.54, 1.807) is 0 Å². The summed E-state index contributed by atoms with van der Waals surface area (Å²) in [4.78, 5) is 15.0. The van der Waals surface area contributed by atoms with E-state index in [0.29, 0.717) is 13.2 Å². The first-order chi connectivity index (χ1) is 15.3. The molecule has 0 saturated carbocycles. The number of benzene rings is 3. The zero-order chi connectivity index (χ0) is 21.1. The van der Waals surface area contributed by atoms with Gasteiger partial charge in [0, 0.05) is 13.1 Å². The summed E-state index contributed by atoms with van der Waals surface area (Å²) < 4.78 is 6.24. The summed E-state index contributed by atoms with van der Waals surface area (Å²) in [5.41, 5.74) is 4.72. The molecule has 5 rings (SSSR count). The third-order valence-corrected chi connectivity index (χ3v) is 6.66. The fourth-order valence-electron chi connectivity index (χ4n) is 4.94. The van der Waals surface area contributed by atoms with Gasteiger partial charge in [-0.1, -0.05) is 84.9 Å². The van der Waals surface area contributed by atoms with Gasteiger partial charge in [0.15, 0.2) is 0 Å². The first-order valence-electron chi connectivity index (χ1n) is 11.1. The zero-order valence-corrected chi connectivity index (χ0v) is 17.7. The maximum Gasteiger partial charge on any atom is 0.236 e. The number of amides is 1. The van der Waals surface area contributed by atoms with Crippen LogP contribution in [0.3, 0.4) is 0 Å². The van der Waals surface area contributed by atoms with Crippen LogP contribution in [0.5, 0.6) is 0 Å². The van der Waals surface area contributed by atoms with Gasteiger partial charge >= 0.3 is 0 Å². The van der Waals surface area contributed by atoms with E-state index in [9.17, 15) is 4.79 Å². The van der Waals surface area contributed by atoms with Crippen LogP contribution in [0.25, 0.3) is 0 Å². The summed E-state index contributed by atoms with van der Waals surface area (Å²) in [5, 5.41) is 3.50. The fourth-order valence-corrected chi connectivity index (χ4v) is 4.94. The summed E-state index contributed by atoms with van der Waals surface area (Å²) in [6.45, 7) is 2.47. The highest BCUT2D eigenvalue weighted by Gasteiger charge is 2.43. The lowest BCUT2D eigenvalue weighted by atomic mass is 9.84. The lowest BCUT2D eigenvalue weighted by Gasteiger charge is -2.39. The van der Waals surface area contributed by atoms with E-state index in [1.807, 2.05) is 41.3 Å². The monoisotopic (exact) mass is 412 g/mol. The van der Waals surface area contributed by atoms with Gasteiger partial charge in [-0.05, 0) is 35.1 Å². The van der Waals surface area contributed by atoms with Crippen molar-refractivity contribution >= 4 is 5.91 Å². The summed E-state index contributed by atoms with van der Waals surface area (Å²) in [7, 11) is 0. The number of nitrogens with zero attached hydrogens (tertiary/aromatic N) is 1. The van der Waals surface area contributed by atoms with Crippen molar-refractivity contribution in [1.82, 2.24) is 10.2 Å². The van der Waals surface area contributed by atoms with Crippen molar-refractivity contribution < 1.29 is 9.53 Å². The molecule has 3 aromatic rings. The first-order valence-corrected chi connectivity index (χ1v) is 11.1. The van der Waals surface area contributed by atoms with Crippen molar-refractivity contribution in [1.29, 1.82) is 0 Å². The minimum Gasteiger partial charge on any atom is -0.365 e. The molecule has 2 aliphatic rings. The SMILES string of the molecule is O=C(CNC(c1ccccc1)c1ccccc1)N1CCC2(CC1)OCc1ccccc12. The minimum absolute atomic E-state index is 0.00692. The summed E-state index contributed by atoms with van der Waals surface area (Å²) >= 11 is 0. The molecule has 0 atom stereocenters. The van der Waals surface area contributed by atoms with Crippen LogP contribution in [-0.4, -0.2) is 30.4 Å². The molecular weight excluding hydrogens is 384 g/mol. The molecule has 0 aliphatic carbocycles. The second kappa shape index (κ2) is 8.66. The molecule has 1 spiro atoms. The van der Waals surface area contributed by atoms with Crippen LogP contribution in [0.2, 0.25) is 0 Å². The van der Waals surface area contributed by atoms with Gasteiger partial charge < -0.3 is 9.64 Å². The lowest BCUT2D eigenvalue weighted by molar-refractivity contribution is -0.137. The van der Waals surface area contributed by atoms with Crippen LogP contribution >= 0.6 is 0 Å². The lowest BCUT2D eigenvalue weighted by Crippen LogP contribution is -2.48. The van der Waals surface area contributed by atoms with Crippen molar-refractivity contribution in [3.05, 3.63) is 107 Å². The highest BCUT2D eigenvalue weighted by molar-refractivity contribution is 5.78. The van der Waals surface area contributed by atoms with Crippen LogP contribution in [0.4, 0.5) is 0 Å². The molecule has 31 heavy (non-hydrogen) atoms. The number of ether oxygens (including phenoxy) is 1. The van der Waals surface area contributed by atoms with Gasteiger partial charge in [-0.15, -0.1) is 0 Å². The third-order valence-electron chi connectivity index (χ3n) is 6.66. The average Bonchev–Trinajstić information content (AvgIpc) is 3.19. The Labute approximate surface area is 183 Å². The van der Waals surface area contributed by atoms with Crippen molar-refractivity contribution in [3.63, 3.8) is 0 Å². The first kappa shape index (κ1) is 20.0. The number of carbonyl (C=O) groups is 1. The number of carbonyl (C=O) groups excluding carboxylic acids is 1. The molecule has 1 saturated heterocycles. The highest BCUT2D eigenvalue weighted by Crippen LogP contribution is 2.43. The Morgan fingerprint density at radius 3 is 2.10 bits per heavy atom. The van der Waals surface area contributed by atoms with E-state index in [1.165, 1.54) is 11.1 Å². The van der Waals surface area contributed by atoms with Gasteiger partial charge in [0.25, 0.3) is 0 Å². The third kappa shape index (κ3) is 4.01. The van der Waals surface area contributed by atoms with Gasteiger partial charge in [-0.25, -0.2) is 0 Å². The van der Waals surface area contributed by atoms with Gasteiger partial charge in [0.1, 0.15) is 0 Å². The number of rotatable bonds is 5. The molecule has 1 amide bonds. The number of nitrogens with one attached hydrogen (secondary N) is 1. The van der Waals surface area contributed by atoms with Gasteiger partial charge in [-0.2, -0.15) is 0 Å². The molecule has 2 aliphatic heterocycles. The Kier molecular flexibility index (Phi) is 5.58. The van der Waals surface area contributed by atoms with Crippen molar-refractivity contribution in [2.45, 2.75) is 31.1 Å². The Hall–Kier alpha value is -2.95. The molecule has 158 valence electrons. The summed E-state index contributed by atoms with van der Waals surface area (Å²) in [6, 6.07) is 29.1. The molecule has 0 radical (unpaired) electrons. The maximum absolute atomic E-state index is 13.0. The summed E-state index contributed by atoms with van der Waals surface area (Å²) in [5.74, 6) is 0.151. The van der Waals surface area contributed by atoms with Gasteiger partial charge in [0.2, 0.25) is 5.91 Å². The van der Waals surface area contributed by atoms with E-state index in [-0.39, 0.29) is 17.6 Å². The quantitative estimate of drug-likeness (QED) is 0.675. The van der Waals surface area contributed by atoms with E-state index >= 15 is 0 Å². The fraction of sp³-hybridized carbons (Fsp3) is 0.296. The molecule has 0 aromatic heterocycles. The second-order valence-corrected chi connectivity index (χ2v) is 8.46. The van der Waals surface area contributed by atoms with Crippen molar-refractivity contribution in [2.75, 3.05) is 19.6 Å². The Morgan fingerprint density at radius 1 is 0.871 bits per heavy atom. The number of fused-ring (bicyclic) bond motifs is 2. The molecule has 0 unspecified atom stereocenters. The van der Waals surface area contributed by atoms with E-state index < -0.39 is 0 Å². The molecule has 1 fully saturated rings. The minimum atomic E-state index is -0.211. The molecule has 4 nitrogen and oxygen atoms in total. The highest BCUT2D eigenvalue weighted by atomic mass is 16.5. The van der Waals surface area contributed by atoms with Crippen LogP contribution in [0, 0.1) is 0 Å².